The molecule has 0 aromatic carbocycles. The fourth-order valence-corrected chi connectivity index (χ4v) is 3.08. The first kappa shape index (κ1) is 21.9. The van der Waals surface area contributed by atoms with Crippen molar-refractivity contribution in [2.24, 2.45) is 11.8 Å². The van der Waals surface area contributed by atoms with E-state index in [9.17, 15) is 9.59 Å². The van der Waals surface area contributed by atoms with Gasteiger partial charge in [0.15, 0.2) is 5.92 Å². The molecule has 23 heavy (non-hydrogen) atoms. The molecule has 0 rings (SSSR count). The molecule has 0 amide bonds. The molecule has 0 saturated carbocycles. The zero-order chi connectivity index (χ0) is 17.5. The van der Waals surface area contributed by atoms with Gasteiger partial charge in [-0.15, -0.1) is 0 Å². The van der Waals surface area contributed by atoms with Gasteiger partial charge in [0.25, 0.3) is 0 Å². The minimum atomic E-state index is -1.24. The van der Waals surface area contributed by atoms with E-state index in [1.54, 1.807) is 0 Å². The van der Waals surface area contributed by atoms with Gasteiger partial charge in [0.2, 0.25) is 0 Å². The van der Waals surface area contributed by atoms with E-state index in [2.05, 4.69) is 13.8 Å². The fourth-order valence-electron chi connectivity index (χ4n) is 3.08. The van der Waals surface area contributed by atoms with E-state index in [4.69, 9.17) is 10.2 Å². The van der Waals surface area contributed by atoms with Crippen LogP contribution in [0.25, 0.3) is 0 Å². The van der Waals surface area contributed by atoms with Crippen molar-refractivity contribution in [3.63, 3.8) is 0 Å². The molecule has 0 radical (unpaired) electrons. The van der Waals surface area contributed by atoms with Gasteiger partial charge in [0, 0.05) is 0 Å². The number of carbonyl (C=O) groups is 2. The van der Waals surface area contributed by atoms with E-state index < -0.39 is 17.9 Å². The van der Waals surface area contributed by atoms with Crippen molar-refractivity contribution in [1.82, 2.24) is 0 Å². The van der Waals surface area contributed by atoms with Crippen LogP contribution in [0.1, 0.15) is 97.3 Å². The number of unbranched alkanes of at least 4 members (excludes halogenated alkanes) is 8. The van der Waals surface area contributed by atoms with Crippen molar-refractivity contribution in [3.05, 3.63) is 0 Å². The highest BCUT2D eigenvalue weighted by Crippen LogP contribution is 2.25. The first-order valence-electron chi connectivity index (χ1n) is 9.48. The molecule has 4 nitrogen and oxygen atoms in total. The Hall–Kier alpha value is -1.06. The van der Waals surface area contributed by atoms with Crippen molar-refractivity contribution in [3.8, 4) is 0 Å². The standard InChI is InChI=1S/C19H36O4/c1-3-5-7-8-9-10-11-12-14-16(13-6-4-2)15-17(18(20)21)19(22)23/h16-17H,3-15H2,1-2H3,(H,20,21)(H,22,23). The Morgan fingerprint density at radius 3 is 1.61 bits per heavy atom. The van der Waals surface area contributed by atoms with E-state index in [1.165, 1.54) is 44.9 Å². The molecule has 1 unspecified atom stereocenters. The second kappa shape index (κ2) is 14.5. The molecule has 0 aromatic heterocycles. The van der Waals surface area contributed by atoms with E-state index in [0.717, 1.165) is 32.1 Å². The van der Waals surface area contributed by atoms with Gasteiger partial charge >= 0.3 is 11.9 Å². The van der Waals surface area contributed by atoms with Crippen molar-refractivity contribution in [1.29, 1.82) is 0 Å². The average molecular weight is 328 g/mol. The zero-order valence-electron chi connectivity index (χ0n) is 15.1. The molecule has 2 N–H and O–H groups in total. The zero-order valence-corrected chi connectivity index (χ0v) is 15.1. The summed E-state index contributed by atoms with van der Waals surface area (Å²) < 4.78 is 0. The lowest BCUT2D eigenvalue weighted by atomic mass is 9.86. The largest absolute Gasteiger partial charge is 0.481 e. The predicted octanol–water partition coefficient (Wildman–Crippen LogP) is 5.50. The lowest BCUT2D eigenvalue weighted by Crippen LogP contribution is -2.26. The third-order valence-electron chi connectivity index (χ3n) is 4.60. The molecule has 0 spiro atoms. The molecule has 4 heteroatoms. The Kier molecular flexibility index (Phi) is 13.9. The Morgan fingerprint density at radius 1 is 0.696 bits per heavy atom. The summed E-state index contributed by atoms with van der Waals surface area (Å²) in [5.74, 6) is -3.41. The lowest BCUT2D eigenvalue weighted by molar-refractivity contribution is -0.155. The molecule has 0 aromatic rings. The van der Waals surface area contributed by atoms with E-state index >= 15 is 0 Å². The van der Waals surface area contributed by atoms with Crippen LogP contribution in [-0.4, -0.2) is 22.2 Å². The number of rotatable bonds is 16. The topological polar surface area (TPSA) is 74.6 Å². The number of hydrogen-bond acceptors (Lipinski definition) is 2. The summed E-state index contributed by atoms with van der Waals surface area (Å²) >= 11 is 0. The lowest BCUT2D eigenvalue weighted by Gasteiger charge is -2.19. The van der Waals surface area contributed by atoms with Crippen LogP contribution in [0.2, 0.25) is 0 Å². The quantitative estimate of drug-likeness (QED) is 0.290. The van der Waals surface area contributed by atoms with Crippen LogP contribution in [0.5, 0.6) is 0 Å². The second-order valence-corrected chi connectivity index (χ2v) is 6.74. The van der Waals surface area contributed by atoms with Crippen LogP contribution in [0.3, 0.4) is 0 Å². The van der Waals surface area contributed by atoms with Gasteiger partial charge in [-0.25, -0.2) is 0 Å². The molecule has 0 aliphatic heterocycles. The van der Waals surface area contributed by atoms with Gasteiger partial charge in [-0.3, -0.25) is 9.59 Å². The third-order valence-corrected chi connectivity index (χ3v) is 4.60. The van der Waals surface area contributed by atoms with Crippen LogP contribution in [-0.2, 0) is 9.59 Å². The van der Waals surface area contributed by atoms with Gasteiger partial charge in [-0.2, -0.15) is 0 Å². The minimum absolute atomic E-state index is 0.229. The van der Waals surface area contributed by atoms with E-state index in [-0.39, 0.29) is 12.3 Å². The Labute approximate surface area is 141 Å². The number of hydrogen-bond donors (Lipinski definition) is 2. The molecule has 136 valence electrons. The summed E-state index contributed by atoms with van der Waals surface area (Å²) in [5, 5.41) is 18.1. The van der Waals surface area contributed by atoms with Crippen LogP contribution in [0.15, 0.2) is 0 Å². The summed E-state index contributed by atoms with van der Waals surface area (Å²) in [7, 11) is 0. The van der Waals surface area contributed by atoms with Crippen LogP contribution in [0, 0.1) is 11.8 Å². The Morgan fingerprint density at radius 2 is 1.13 bits per heavy atom. The summed E-state index contributed by atoms with van der Waals surface area (Å²) in [6.45, 7) is 4.33. The van der Waals surface area contributed by atoms with Crippen molar-refractivity contribution in [2.45, 2.75) is 97.3 Å². The Bertz CT molecular complexity index is 300. The fraction of sp³-hybridized carbons (Fsp3) is 0.895. The van der Waals surface area contributed by atoms with Crippen molar-refractivity contribution >= 4 is 11.9 Å². The highest BCUT2D eigenvalue weighted by molar-refractivity contribution is 5.92. The second-order valence-electron chi connectivity index (χ2n) is 6.74. The first-order chi connectivity index (χ1) is 11.0. The molecular weight excluding hydrogens is 292 g/mol. The maximum absolute atomic E-state index is 11.1. The maximum Gasteiger partial charge on any atom is 0.317 e. The highest BCUT2D eigenvalue weighted by atomic mass is 16.4. The molecule has 0 bridgehead atoms. The average Bonchev–Trinajstić information content (AvgIpc) is 2.50. The maximum atomic E-state index is 11.1. The molecule has 0 aliphatic rings. The molecule has 0 saturated heterocycles. The van der Waals surface area contributed by atoms with Gasteiger partial charge in [0.05, 0.1) is 0 Å². The van der Waals surface area contributed by atoms with Crippen LogP contribution >= 0.6 is 0 Å². The number of aliphatic carboxylic acids is 2. The summed E-state index contributed by atoms with van der Waals surface area (Å²) in [6, 6.07) is 0. The first-order valence-corrected chi connectivity index (χ1v) is 9.48. The monoisotopic (exact) mass is 328 g/mol. The molecule has 1 atom stereocenters. The van der Waals surface area contributed by atoms with Crippen LogP contribution in [0.4, 0.5) is 0 Å². The Balaban J connectivity index is 4.04. The van der Waals surface area contributed by atoms with Gasteiger partial charge in [-0.1, -0.05) is 90.9 Å². The predicted molar refractivity (Wildman–Crippen MR) is 93.6 cm³/mol. The van der Waals surface area contributed by atoms with E-state index in [0.29, 0.717) is 0 Å². The SMILES string of the molecule is CCCCCCCCCCC(CCCC)CC(C(=O)O)C(=O)O. The summed E-state index contributed by atoms with van der Waals surface area (Å²) in [5.41, 5.74) is 0. The van der Waals surface area contributed by atoms with E-state index in [1.807, 2.05) is 0 Å². The van der Waals surface area contributed by atoms with Crippen molar-refractivity contribution in [2.75, 3.05) is 0 Å². The molecule has 0 heterocycles. The third kappa shape index (κ3) is 12.1. The van der Waals surface area contributed by atoms with Gasteiger partial charge in [0.1, 0.15) is 0 Å². The molecule has 0 aliphatic carbocycles. The molecule has 0 fully saturated rings. The minimum Gasteiger partial charge on any atom is -0.481 e. The summed E-state index contributed by atoms with van der Waals surface area (Å²) in [4.78, 5) is 22.1. The smallest absolute Gasteiger partial charge is 0.317 e. The normalized spacial score (nSPS) is 12.5. The van der Waals surface area contributed by atoms with Crippen molar-refractivity contribution < 1.29 is 19.8 Å². The molecular formula is C19H36O4. The highest BCUT2D eigenvalue weighted by Gasteiger charge is 2.28. The van der Waals surface area contributed by atoms with Crippen LogP contribution < -0.4 is 0 Å². The number of carboxylic acids is 2. The number of carboxylic acid groups (broad SMARTS) is 2. The van der Waals surface area contributed by atoms with Gasteiger partial charge < -0.3 is 10.2 Å². The van der Waals surface area contributed by atoms with Gasteiger partial charge in [-0.05, 0) is 12.3 Å². The summed E-state index contributed by atoms with van der Waals surface area (Å²) in [6.07, 6.45) is 14.3.